The third-order valence-electron chi connectivity index (χ3n) is 3.77. The van der Waals surface area contributed by atoms with E-state index >= 15 is 0 Å². The minimum Gasteiger partial charge on any atom is -0.467 e. The second-order valence-electron chi connectivity index (χ2n) is 4.71. The Bertz CT molecular complexity index is 384. The molecule has 1 atom stereocenters. The van der Waals surface area contributed by atoms with E-state index in [1.54, 1.807) is 0 Å². The molecule has 2 rings (SSSR count). The lowest BCUT2D eigenvalue weighted by Crippen LogP contribution is -2.51. The van der Waals surface area contributed by atoms with Crippen LogP contribution in [-0.4, -0.2) is 13.1 Å². The van der Waals surface area contributed by atoms with Crippen LogP contribution in [0.2, 0.25) is 0 Å². The third kappa shape index (κ3) is 2.07. The lowest BCUT2D eigenvalue weighted by atomic mass is 9.78. The number of esters is 1. The van der Waals surface area contributed by atoms with Gasteiger partial charge in [0, 0.05) is 0 Å². The van der Waals surface area contributed by atoms with Gasteiger partial charge in [0.15, 0.2) is 0 Å². The molecule has 1 aromatic carbocycles. The number of carbonyl (C=O) groups is 1. The van der Waals surface area contributed by atoms with Gasteiger partial charge in [-0.1, -0.05) is 43.2 Å². The Morgan fingerprint density at radius 1 is 1.29 bits per heavy atom. The molecule has 0 aliphatic heterocycles. The predicted molar refractivity (Wildman–Crippen MR) is 66.3 cm³/mol. The third-order valence-corrected chi connectivity index (χ3v) is 3.77. The second-order valence-corrected chi connectivity index (χ2v) is 4.71. The van der Waals surface area contributed by atoms with Gasteiger partial charge in [0.25, 0.3) is 0 Å². The molecule has 1 aliphatic rings. The summed E-state index contributed by atoms with van der Waals surface area (Å²) in [6.45, 7) is 0. The first-order valence-electron chi connectivity index (χ1n) is 6.12. The van der Waals surface area contributed by atoms with Gasteiger partial charge in [0.05, 0.1) is 7.11 Å². The molecule has 17 heavy (non-hydrogen) atoms. The number of nitrogens with two attached hydrogens (primary N) is 1. The van der Waals surface area contributed by atoms with E-state index in [9.17, 15) is 4.79 Å². The highest BCUT2D eigenvalue weighted by Crippen LogP contribution is 2.39. The average molecular weight is 233 g/mol. The van der Waals surface area contributed by atoms with E-state index in [-0.39, 0.29) is 11.9 Å². The molecule has 0 radical (unpaired) electrons. The van der Waals surface area contributed by atoms with Gasteiger partial charge in [-0.25, -0.2) is 4.79 Å². The molecule has 1 unspecified atom stereocenters. The Kier molecular flexibility index (Phi) is 3.48. The van der Waals surface area contributed by atoms with Crippen LogP contribution in [-0.2, 0) is 15.1 Å². The number of rotatable bonds is 3. The summed E-state index contributed by atoms with van der Waals surface area (Å²) >= 11 is 0. The summed E-state index contributed by atoms with van der Waals surface area (Å²) in [6, 6.07) is 9.57. The summed E-state index contributed by atoms with van der Waals surface area (Å²) in [4.78, 5) is 12.1. The van der Waals surface area contributed by atoms with Crippen molar-refractivity contribution in [3.05, 3.63) is 35.9 Å². The topological polar surface area (TPSA) is 52.3 Å². The molecule has 0 heterocycles. The second kappa shape index (κ2) is 4.88. The first kappa shape index (κ1) is 12.1. The summed E-state index contributed by atoms with van der Waals surface area (Å²) in [5.41, 5.74) is 6.28. The van der Waals surface area contributed by atoms with E-state index in [0.717, 1.165) is 31.2 Å². The van der Waals surface area contributed by atoms with Crippen molar-refractivity contribution >= 4 is 5.97 Å². The molecule has 1 saturated carbocycles. The van der Waals surface area contributed by atoms with E-state index in [1.807, 2.05) is 30.3 Å². The van der Waals surface area contributed by atoms with Crippen molar-refractivity contribution in [3.8, 4) is 0 Å². The smallest absolute Gasteiger partial charge is 0.330 e. The van der Waals surface area contributed by atoms with Crippen LogP contribution in [0.3, 0.4) is 0 Å². The molecule has 1 aliphatic carbocycles. The predicted octanol–water partition coefficient (Wildman–Crippen LogP) is 2.20. The Morgan fingerprint density at radius 3 is 2.41 bits per heavy atom. The quantitative estimate of drug-likeness (QED) is 0.814. The van der Waals surface area contributed by atoms with E-state index in [1.165, 1.54) is 7.11 Å². The highest BCUT2D eigenvalue weighted by Gasteiger charge is 2.45. The van der Waals surface area contributed by atoms with Crippen LogP contribution in [0.1, 0.15) is 31.2 Å². The molecular weight excluding hydrogens is 214 g/mol. The molecule has 0 amide bonds. The van der Waals surface area contributed by atoms with E-state index in [0.29, 0.717) is 0 Å². The number of methoxy groups -OCH3 is 1. The fraction of sp³-hybridized carbons (Fsp3) is 0.500. The Morgan fingerprint density at radius 2 is 1.88 bits per heavy atom. The molecule has 0 bridgehead atoms. The maximum Gasteiger partial charge on any atom is 0.330 e. The summed E-state index contributed by atoms with van der Waals surface area (Å²) < 4.78 is 4.92. The zero-order chi connectivity index (χ0) is 12.3. The van der Waals surface area contributed by atoms with Crippen LogP contribution in [0.25, 0.3) is 0 Å². The van der Waals surface area contributed by atoms with Crippen LogP contribution in [0.15, 0.2) is 30.3 Å². The Hall–Kier alpha value is -1.35. The fourth-order valence-corrected chi connectivity index (χ4v) is 2.78. The highest BCUT2D eigenvalue weighted by molar-refractivity contribution is 5.82. The fourth-order valence-electron chi connectivity index (χ4n) is 2.78. The number of hydrogen-bond donors (Lipinski definition) is 1. The summed E-state index contributed by atoms with van der Waals surface area (Å²) in [5, 5.41) is 0. The van der Waals surface area contributed by atoms with Gasteiger partial charge in [-0.15, -0.1) is 0 Å². The Balaban J connectivity index is 2.39. The molecule has 0 aromatic heterocycles. The summed E-state index contributed by atoms with van der Waals surface area (Å²) in [7, 11) is 1.40. The summed E-state index contributed by atoms with van der Waals surface area (Å²) in [6.07, 6.45) is 4.29. The molecular formula is C14H19NO2. The van der Waals surface area contributed by atoms with E-state index in [2.05, 4.69) is 0 Å². The van der Waals surface area contributed by atoms with Crippen LogP contribution >= 0.6 is 0 Å². The average Bonchev–Trinajstić information content (AvgIpc) is 2.92. The van der Waals surface area contributed by atoms with Crippen molar-refractivity contribution in [1.29, 1.82) is 0 Å². The summed E-state index contributed by atoms with van der Waals surface area (Å²) in [5.74, 6) is -0.132. The number of hydrogen-bond acceptors (Lipinski definition) is 3. The van der Waals surface area contributed by atoms with Crippen molar-refractivity contribution in [1.82, 2.24) is 0 Å². The van der Waals surface area contributed by atoms with Gasteiger partial charge >= 0.3 is 5.97 Å². The molecule has 92 valence electrons. The molecule has 1 fully saturated rings. The van der Waals surface area contributed by atoms with Crippen LogP contribution in [0, 0.1) is 5.92 Å². The van der Waals surface area contributed by atoms with Crippen molar-refractivity contribution in [2.24, 2.45) is 11.7 Å². The molecule has 3 heteroatoms. The van der Waals surface area contributed by atoms with Gasteiger partial charge in [0.1, 0.15) is 5.54 Å². The number of carbonyl (C=O) groups excluding carboxylic acids is 1. The van der Waals surface area contributed by atoms with Gasteiger partial charge in [-0.2, -0.15) is 0 Å². The lowest BCUT2D eigenvalue weighted by Gasteiger charge is -2.32. The maximum absolute atomic E-state index is 12.1. The maximum atomic E-state index is 12.1. The molecule has 1 aromatic rings. The van der Waals surface area contributed by atoms with Crippen molar-refractivity contribution in [3.63, 3.8) is 0 Å². The van der Waals surface area contributed by atoms with Gasteiger partial charge in [0.2, 0.25) is 0 Å². The van der Waals surface area contributed by atoms with Crippen molar-refractivity contribution in [2.75, 3.05) is 7.11 Å². The van der Waals surface area contributed by atoms with Gasteiger partial charge < -0.3 is 10.5 Å². The van der Waals surface area contributed by atoms with E-state index < -0.39 is 5.54 Å². The van der Waals surface area contributed by atoms with Gasteiger partial charge in [-0.05, 0) is 24.3 Å². The lowest BCUT2D eigenvalue weighted by molar-refractivity contribution is -0.150. The van der Waals surface area contributed by atoms with E-state index in [4.69, 9.17) is 10.5 Å². The molecule has 0 saturated heterocycles. The van der Waals surface area contributed by atoms with Crippen molar-refractivity contribution < 1.29 is 9.53 Å². The first-order chi connectivity index (χ1) is 8.19. The zero-order valence-corrected chi connectivity index (χ0v) is 10.2. The Labute approximate surface area is 102 Å². The molecule has 3 nitrogen and oxygen atoms in total. The normalized spacial score (nSPS) is 19.9. The van der Waals surface area contributed by atoms with Crippen molar-refractivity contribution in [2.45, 2.75) is 31.2 Å². The number of ether oxygens (including phenoxy) is 1. The molecule has 0 spiro atoms. The minimum absolute atomic E-state index is 0.192. The first-order valence-corrected chi connectivity index (χ1v) is 6.12. The van der Waals surface area contributed by atoms with Crippen LogP contribution in [0.5, 0.6) is 0 Å². The monoisotopic (exact) mass is 233 g/mol. The molecule has 2 N–H and O–H groups in total. The minimum atomic E-state index is -0.980. The van der Waals surface area contributed by atoms with Gasteiger partial charge in [-0.3, -0.25) is 0 Å². The SMILES string of the molecule is COC(=O)C(N)(c1ccccc1)C1CCCC1. The largest absolute Gasteiger partial charge is 0.467 e. The number of benzene rings is 1. The highest BCUT2D eigenvalue weighted by atomic mass is 16.5. The zero-order valence-electron chi connectivity index (χ0n) is 10.2. The van der Waals surface area contributed by atoms with Crippen LogP contribution in [0.4, 0.5) is 0 Å². The van der Waals surface area contributed by atoms with Crippen LogP contribution < -0.4 is 5.73 Å². The standard InChI is InChI=1S/C14H19NO2/c1-17-13(16)14(15,12-9-5-6-10-12)11-7-3-2-4-8-11/h2-4,7-8,12H,5-6,9-10,15H2,1H3.